The Morgan fingerprint density at radius 1 is 0.935 bits per heavy atom. The molecule has 0 amide bonds. The second-order valence-corrected chi connectivity index (χ2v) is 9.28. The Kier molecular flexibility index (Phi) is 8.81. The van der Waals surface area contributed by atoms with Crippen molar-refractivity contribution in [1.82, 2.24) is 4.90 Å². The minimum absolute atomic E-state index is 0.0956. The zero-order chi connectivity index (χ0) is 23.0. The zero-order valence-electron chi connectivity index (χ0n) is 19.6. The molecule has 5 heteroatoms. The number of hydrogen-bond donors (Lipinski definition) is 0. The number of rotatable bonds is 9. The van der Waals surface area contributed by atoms with Gasteiger partial charge in [-0.05, 0) is 50.4 Å². The SMILES string of the molecule is CC(C)[C@@H](C(=O)OCc1ccccc1)N(C)Cc1cccc(CC(=O)OC(C)(C)C)c1. The summed E-state index contributed by atoms with van der Waals surface area (Å²) in [5, 5.41) is 0. The normalized spacial score (nSPS) is 12.6. The topological polar surface area (TPSA) is 55.8 Å². The Labute approximate surface area is 186 Å². The molecule has 0 aliphatic heterocycles. The number of hydrogen-bond acceptors (Lipinski definition) is 5. The lowest BCUT2D eigenvalue weighted by atomic mass is 10.0. The summed E-state index contributed by atoms with van der Waals surface area (Å²) < 4.78 is 11.0. The maximum absolute atomic E-state index is 12.8. The van der Waals surface area contributed by atoms with Crippen molar-refractivity contribution in [3.8, 4) is 0 Å². The maximum Gasteiger partial charge on any atom is 0.323 e. The average Bonchev–Trinajstić information content (AvgIpc) is 2.65. The van der Waals surface area contributed by atoms with Gasteiger partial charge in [-0.15, -0.1) is 0 Å². The third-order valence-corrected chi connectivity index (χ3v) is 4.76. The van der Waals surface area contributed by atoms with Gasteiger partial charge in [-0.25, -0.2) is 0 Å². The predicted molar refractivity (Wildman–Crippen MR) is 122 cm³/mol. The fourth-order valence-electron chi connectivity index (χ4n) is 3.54. The van der Waals surface area contributed by atoms with Crippen molar-refractivity contribution in [3.63, 3.8) is 0 Å². The van der Waals surface area contributed by atoms with Crippen molar-refractivity contribution >= 4 is 11.9 Å². The minimum Gasteiger partial charge on any atom is -0.460 e. The summed E-state index contributed by atoms with van der Waals surface area (Å²) in [6.45, 7) is 10.5. The molecule has 0 heterocycles. The van der Waals surface area contributed by atoms with Gasteiger partial charge in [0.05, 0.1) is 6.42 Å². The summed E-state index contributed by atoms with van der Waals surface area (Å²) in [6.07, 6.45) is 0.224. The van der Waals surface area contributed by atoms with Gasteiger partial charge in [0, 0.05) is 6.54 Å². The van der Waals surface area contributed by atoms with E-state index in [4.69, 9.17) is 9.47 Å². The molecule has 1 atom stereocenters. The van der Waals surface area contributed by atoms with Crippen LogP contribution in [0.5, 0.6) is 0 Å². The largest absolute Gasteiger partial charge is 0.460 e. The highest BCUT2D eigenvalue weighted by molar-refractivity contribution is 5.76. The van der Waals surface area contributed by atoms with Crippen LogP contribution in [0.15, 0.2) is 54.6 Å². The van der Waals surface area contributed by atoms with Crippen molar-refractivity contribution in [2.45, 2.75) is 65.8 Å². The number of nitrogens with zero attached hydrogens (tertiary/aromatic N) is 1. The molecular formula is C26H35NO4. The number of likely N-dealkylation sites (N-methyl/N-ethyl adjacent to an activating group) is 1. The van der Waals surface area contributed by atoms with Crippen molar-refractivity contribution in [1.29, 1.82) is 0 Å². The molecule has 0 radical (unpaired) electrons. The van der Waals surface area contributed by atoms with Crippen LogP contribution < -0.4 is 0 Å². The molecule has 0 aliphatic rings. The molecule has 0 aliphatic carbocycles. The summed E-state index contributed by atoms with van der Waals surface area (Å²) in [5.41, 5.74) is 2.40. The van der Waals surface area contributed by atoms with Crippen molar-refractivity contribution in [3.05, 3.63) is 71.3 Å². The monoisotopic (exact) mass is 425 g/mol. The number of ether oxygens (including phenoxy) is 2. The summed E-state index contributed by atoms with van der Waals surface area (Å²) in [4.78, 5) is 27.0. The molecule has 0 spiro atoms. The molecule has 31 heavy (non-hydrogen) atoms. The second kappa shape index (κ2) is 11.1. The molecule has 0 bridgehead atoms. The summed E-state index contributed by atoms with van der Waals surface area (Å²) >= 11 is 0. The molecule has 0 N–H and O–H groups in total. The van der Waals surface area contributed by atoms with Crippen LogP contribution in [-0.4, -0.2) is 35.5 Å². The maximum atomic E-state index is 12.8. The van der Waals surface area contributed by atoms with Gasteiger partial charge in [0.25, 0.3) is 0 Å². The fourth-order valence-corrected chi connectivity index (χ4v) is 3.54. The van der Waals surface area contributed by atoms with E-state index in [0.29, 0.717) is 6.54 Å². The van der Waals surface area contributed by atoms with Crippen molar-refractivity contribution < 1.29 is 19.1 Å². The summed E-state index contributed by atoms with van der Waals surface area (Å²) in [5.74, 6) is -0.382. The third kappa shape index (κ3) is 8.54. The quantitative estimate of drug-likeness (QED) is 0.542. The van der Waals surface area contributed by atoms with E-state index in [0.717, 1.165) is 16.7 Å². The minimum atomic E-state index is -0.500. The van der Waals surface area contributed by atoms with Gasteiger partial charge in [-0.2, -0.15) is 0 Å². The highest BCUT2D eigenvalue weighted by Gasteiger charge is 2.28. The van der Waals surface area contributed by atoms with Crippen LogP contribution in [0.2, 0.25) is 0 Å². The van der Waals surface area contributed by atoms with E-state index in [-0.39, 0.29) is 36.9 Å². The summed E-state index contributed by atoms with van der Waals surface area (Å²) in [7, 11) is 1.93. The molecular weight excluding hydrogens is 390 g/mol. The summed E-state index contributed by atoms with van der Waals surface area (Å²) in [6, 6.07) is 17.2. The highest BCUT2D eigenvalue weighted by atomic mass is 16.6. The Hall–Kier alpha value is -2.66. The molecule has 0 saturated carbocycles. The third-order valence-electron chi connectivity index (χ3n) is 4.76. The molecule has 2 aromatic rings. The lowest BCUT2D eigenvalue weighted by Crippen LogP contribution is -2.43. The van der Waals surface area contributed by atoms with Crippen LogP contribution in [0.3, 0.4) is 0 Å². The van der Waals surface area contributed by atoms with E-state index in [1.54, 1.807) is 0 Å². The lowest BCUT2D eigenvalue weighted by molar-refractivity contribution is -0.154. The van der Waals surface area contributed by atoms with Crippen LogP contribution in [-0.2, 0) is 38.6 Å². The lowest BCUT2D eigenvalue weighted by Gasteiger charge is -2.29. The zero-order valence-corrected chi connectivity index (χ0v) is 19.6. The van der Waals surface area contributed by atoms with E-state index < -0.39 is 5.60 Å². The van der Waals surface area contributed by atoms with Crippen LogP contribution >= 0.6 is 0 Å². The first kappa shape index (κ1) is 24.6. The van der Waals surface area contributed by atoms with E-state index in [1.165, 1.54) is 0 Å². The van der Waals surface area contributed by atoms with E-state index in [2.05, 4.69) is 0 Å². The van der Waals surface area contributed by atoms with Gasteiger partial charge in [0.1, 0.15) is 18.2 Å². The van der Waals surface area contributed by atoms with Gasteiger partial charge in [0.2, 0.25) is 0 Å². The van der Waals surface area contributed by atoms with Gasteiger partial charge in [-0.3, -0.25) is 14.5 Å². The highest BCUT2D eigenvalue weighted by Crippen LogP contribution is 2.17. The van der Waals surface area contributed by atoms with Gasteiger partial charge in [-0.1, -0.05) is 68.4 Å². The predicted octanol–water partition coefficient (Wildman–Crippen LogP) is 4.77. The number of esters is 2. The molecule has 5 nitrogen and oxygen atoms in total. The number of benzene rings is 2. The van der Waals surface area contributed by atoms with E-state index >= 15 is 0 Å². The van der Waals surface area contributed by atoms with Gasteiger partial charge in [0.15, 0.2) is 0 Å². The van der Waals surface area contributed by atoms with Crippen molar-refractivity contribution in [2.75, 3.05) is 7.05 Å². The first-order valence-electron chi connectivity index (χ1n) is 10.8. The van der Waals surface area contributed by atoms with Crippen LogP contribution in [0, 0.1) is 5.92 Å². The van der Waals surface area contributed by atoms with Gasteiger partial charge >= 0.3 is 11.9 Å². The number of carbonyl (C=O) groups is 2. The Bertz CT molecular complexity index is 855. The fraction of sp³-hybridized carbons (Fsp3) is 0.462. The molecule has 0 aromatic heterocycles. The smallest absolute Gasteiger partial charge is 0.323 e. The average molecular weight is 426 g/mol. The van der Waals surface area contributed by atoms with Crippen LogP contribution in [0.4, 0.5) is 0 Å². The first-order valence-corrected chi connectivity index (χ1v) is 10.8. The molecule has 168 valence electrons. The van der Waals surface area contributed by atoms with Crippen LogP contribution in [0.25, 0.3) is 0 Å². The first-order chi connectivity index (χ1) is 14.5. The Morgan fingerprint density at radius 3 is 2.16 bits per heavy atom. The second-order valence-electron chi connectivity index (χ2n) is 9.28. The standard InChI is InChI=1S/C26H35NO4/c1-19(2)24(25(29)30-18-20-11-8-7-9-12-20)27(6)17-22-14-10-13-21(15-22)16-23(28)31-26(3,4)5/h7-15,19,24H,16-18H2,1-6H3/t24-/m0/s1. The van der Waals surface area contributed by atoms with Gasteiger partial charge < -0.3 is 9.47 Å². The molecule has 0 unspecified atom stereocenters. The molecule has 2 rings (SSSR count). The van der Waals surface area contributed by atoms with Crippen LogP contribution in [0.1, 0.15) is 51.3 Å². The Balaban J connectivity index is 2.01. The Morgan fingerprint density at radius 2 is 1.55 bits per heavy atom. The molecule has 0 saturated heterocycles. The number of carbonyl (C=O) groups excluding carboxylic acids is 2. The molecule has 2 aromatic carbocycles. The van der Waals surface area contributed by atoms with E-state index in [9.17, 15) is 9.59 Å². The van der Waals surface area contributed by atoms with Crippen molar-refractivity contribution in [2.24, 2.45) is 5.92 Å². The molecule has 0 fully saturated rings. The van der Waals surface area contributed by atoms with E-state index in [1.807, 2.05) is 101 Å².